The van der Waals surface area contributed by atoms with Gasteiger partial charge in [0.05, 0.1) is 0 Å². The molecule has 1 fully saturated rings. The van der Waals surface area contributed by atoms with Crippen LogP contribution in [0.5, 0.6) is 0 Å². The summed E-state index contributed by atoms with van der Waals surface area (Å²) in [5.74, 6) is 1.00. The largest absolute Gasteiger partial charge is 0.334 e. The second-order valence-corrected chi connectivity index (χ2v) is 6.13. The molecule has 0 saturated carbocycles. The normalized spacial score (nSPS) is 16.8. The number of nitrogens with zero attached hydrogens (tertiary/aromatic N) is 4. The monoisotopic (exact) mass is 316 g/mol. The molecule has 0 atom stereocenters. The molecule has 4 nitrogen and oxygen atoms in total. The first-order valence-corrected chi connectivity index (χ1v) is 8.44. The molecule has 2 heterocycles. The molecule has 2 aromatic rings. The van der Waals surface area contributed by atoms with Crippen LogP contribution in [0, 0.1) is 5.82 Å². The van der Waals surface area contributed by atoms with Crippen molar-refractivity contribution in [1.82, 2.24) is 19.4 Å². The van der Waals surface area contributed by atoms with Crippen LogP contribution in [0.3, 0.4) is 0 Å². The summed E-state index contributed by atoms with van der Waals surface area (Å²) in [5, 5.41) is 0. The van der Waals surface area contributed by atoms with Gasteiger partial charge in [-0.05, 0) is 17.7 Å². The molecule has 124 valence electrons. The van der Waals surface area contributed by atoms with E-state index in [-0.39, 0.29) is 5.82 Å². The van der Waals surface area contributed by atoms with Crippen LogP contribution in [0.25, 0.3) is 0 Å². The summed E-state index contributed by atoms with van der Waals surface area (Å²) < 4.78 is 15.2. The minimum atomic E-state index is -0.162. The van der Waals surface area contributed by atoms with E-state index < -0.39 is 0 Å². The van der Waals surface area contributed by atoms with Crippen LogP contribution in [-0.2, 0) is 19.5 Å². The molecule has 0 unspecified atom stereocenters. The SMILES string of the molecule is CCc1nccn1CCN1CCN(Cc2ccc(F)cc2)CC1. The summed E-state index contributed by atoms with van der Waals surface area (Å²) in [4.78, 5) is 9.33. The van der Waals surface area contributed by atoms with Gasteiger partial charge in [-0.25, -0.2) is 9.37 Å². The summed E-state index contributed by atoms with van der Waals surface area (Å²) in [7, 11) is 0. The Bertz CT molecular complexity index is 600. The summed E-state index contributed by atoms with van der Waals surface area (Å²) in [6.07, 6.45) is 4.95. The van der Waals surface area contributed by atoms with E-state index in [4.69, 9.17) is 0 Å². The highest BCUT2D eigenvalue weighted by atomic mass is 19.1. The molecule has 1 aromatic carbocycles. The lowest BCUT2D eigenvalue weighted by molar-refractivity contribution is 0.124. The number of halogens is 1. The number of hydrogen-bond donors (Lipinski definition) is 0. The highest BCUT2D eigenvalue weighted by Crippen LogP contribution is 2.10. The van der Waals surface area contributed by atoms with Crippen LogP contribution < -0.4 is 0 Å². The average molecular weight is 316 g/mol. The zero-order valence-electron chi connectivity index (χ0n) is 13.8. The Hall–Kier alpha value is -1.72. The van der Waals surface area contributed by atoms with Gasteiger partial charge >= 0.3 is 0 Å². The topological polar surface area (TPSA) is 24.3 Å². The Morgan fingerprint density at radius 3 is 2.39 bits per heavy atom. The third kappa shape index (κ3) is 4.39. The Kier molecular flexibility index (Phi) is 5.41. The quantitative estimate of drug-likeness (QED) is 0.818. The van der Waals surface area contributed by atoms with E-state index in [0.717, 1.165) is 52.2 Å². The number of benzene rings is 1. The van der Waals surface area contributed by atoms with Crippen LogP contribution in [0.2, 0.25) is 0 Å². The lowest BCUT2D eigenvalue weighted by Crippen LogP contribution is -2.46. The predicted octanol–water partition coefficient (Wildman–Crippen LogP) is 2.40. The molecular formula is C18H25FN4. The first-order valence-electron chi connectivity index (χ1n) is 8.44. The second-order valence-electron chi connectivity index (χ2n) is 6.13. The van der Waals surface area contributed by atoms with E-state index in [9.17, 15) is 4.39 Å². The van der Waals surface area contributed by atoms with Gasteiger partial charge in [0.2, 0.25) is 0 Å². The molecule has 1 saturated heterocycles. The third-order valence-corrected chi connectivity index (χ3v) is 4.56. The summed E-state index contributed by atoms with van der Waals surface area (Å²) in [6, 6.07) is 6.85. The van der Waals surface area contributed by atoms with Crippen LogP contribution in [-0.4, -0.2) is 52.1 Å². The van der Waals surface area contributed by atoms with E-state index in [1.54, 1.807) is 12.1 Å². The first kappa shape index (κ1) is 16.1. The number of imidazole rings is 1. The fourth-order valence-corrected chi connectivity index (χ4v) is 3.13. The van der Waals surface area contributed by atoms with E-state index >= 15 is 0 Å². The lowest BCUT2D eigenvalue weighted by Gasteiger charge is -2.34. The van der Waals surface area contributed by atoms with Crippen molar-refractivity contribution in [2.75, 3.05) is 32.7 Å². The van der Waals surface area contributed by atoms with E-state index in [1.807, 2.05) is 18.3 Å². The van der Waals surface area contributed by atoms with Crippen molar-refractivity contribution in [2.45, 2.75) is 26.4 Å². The van der Waals surface area contributed by atoms with Gasteiger partial charge in [0.15, 0.2) is 0 Å². The van der Waals surface area contributed by atoms with Crippen molar-refractivity contribution in [3.8, 4) is 0 Å². The van der Waals surface area contributed by atoms with Crippen LogP contribution in [0.1, 0.15) is 18.3 Å². The maximum Gasteiger partial charge on any atom is 0.123 e. The minimum absolute atomic E-state index is 0.162. The van der Waals surface area contributed by atoms with Crippen molar-refractivity contribution >= 4 is 0 Å². The highest BCUT2D eigenvalue weighted by Gasteiger charge is 2.17. The molecule has 0 radical (unpaired) electrons. The summed E-state index contributed by atoms with van der Waals surface area (Å²) >= 11 is 0. The molecule has 1 aliphatic heterocycles. The lowest BCUT2D eigenvalue weighted by atomic mass is 10.2. The summed E-state index contributed by atoms with van der Waals surface area (Å²) in [6.45, 7) is 9.48. The number of hydrogen-bond acceptors (Lipinski definition) is 3. The Morgan fingerprint density at radius 2 is 1.70 bits per heavy atom. The van der Waals surface area contributed by atoms with Gasteiger partial charge in [-0.1, -0.05) is 19.1 Å². The zero-order valence-corrected chi connectivity index (χ0v) is 13.8. The van der Waals surface area contributed by atoms with Crippen LogP contribution in [0.15, 0.2) is 36.7 Å². The van der Waals surface area contributed by atoms with Crippen LogP contribution >= 0.6 is 0 Å². The van der Waals surface area contributed by atoms with Gasteiger partial charge in [0.1, 0.15) is 11.6 Å². The molecule has 0 amide bonds. The summed E-state index contributed by atoms with van der Waals surface area (Å²) in [5.41, 5.74) is 1.19. The van der Waals surface area contributed by atoms with Gasteiger partial charge in [-0.15, -0.1) is 0 Å². The number of aryl methyl sites for hydroxylation is 1. The van der Waals surface area contributed by atoms with Crippen molar-refractivity contribution in [1.29, 1.82) is 0 Å². The zero-order chi connectivity index (χ0) is 16.1. The van der Waals surface area contributed by atoms with Crippen LogP contribution in [0.4, 0.5) is 4.39 Å². The van der Waals surface area contributed by atoms with Gasteiger partial charge in [0, 0.05) is 64.6 Å². The maximum absolute atomic E-state index is 12.9. The van der Waals surface area contributed by atoms with Crippen molar-refractivity contribution in [3.05, 3.63) is 53.9 Å². The van der Waals surface area contributed by atoms with Crippen molar-refractivity contribution in [2.24, 2.45) is 0 Å². The van der Waals surface area contributed by atoms with Gasteiger partial charge in [-0.3, -0.25) is 9.80 Å². The Labute approximate surface area is 137 Å². The number of rotatable bonds is 6. The smallest absolute Gasteiger partial charge is 0.123 e. The highest BCUT2D eigenvalue weighted by molar-refractivity contribution is 5.15. The molecule has 5 heteroatoms. The average Bonchev–Trinajstić information content (AvgIpc) is 3.04. The standard InChI is InChI=1S/C18H25FN4/c1-2-18-20-7-8-23(18)14-13-21-9-11-22(12-10-21)15-16-3-5-17(19)6-4-16/h3-8H,2,9-15H2,1H3. The number of piperazine rings is 1. The van der Waals surface area contributed by atoms with E-state index in [1.165, 1.54) is 11.4 Å². The van der Waals surface area contributed by atoms with Gasteiger partial charge in [0.25, 0.3) is 0 Å². The molecule has 0 aliphatic carbocycles. The maximum atomic E-state index is 12.9. The third-order valence-electron chi connectivity index (χ3n) is 4.56. The Morgan fingerprint density at radius 1 is 1.00 bits per heavy atom. The second kappa shape index (κ2) is 7.70. The number of aromatic nitrogens is 2. The fraction of sp³-hybridized carbons (Fsp3) is 0.500. The Balaban J connectivity index is 1.42. The molecular weight excluding hydrogens is 291 g/mol. The van der Waals surface area contributed by atoms with Gasteiger partial charge in [-0.2, -0.15) is 0 Å². The van der Waals surface area contributed by atoms with E-state index in [2.05, 4.69) is 32.5 Å². The molecule has 0 N–H and O–H groups in total. The first-order chi connectivity index (χ1) is 11.2. The van der Waals surface area contributed by atoms with Gasteiger partial charge < -0.3 is 4.57 Å². The minimum Gasteiger partial charge on any atom is -0.334 e. The molecule has 1 aliphatic rings. The fourth-order valence-electron chi connectivity index (χ4n) is 3.13. The molecule has 1 aromatic heterocycles. The molecule has 3 rings (SSSR count). The molecule has 0 spiro atoms. The van der Waals surface area contributed by atoms with Crippen molar-refractivity contribution < 1.29 is 4.39 Å². The molecule has 23 heavy (non-hydrogen) atoms. The molecule has 0 bridgehead atoms. The van der Waals surface area contributed by atoms with Crippen molar-refractivity contribution in [3.63, 3.8) is 0 Å². The van der Waals surface area contributed by atoms with E-state index in [0.29, 0.717) is 0 Å². The predicted molar refractivity (Wildman–Crippen MR) is 89.7 cm³/mol.